The van der Waals surface area contributed by atoms with Crippen LogP contribution in [0.1, 0.15) is 23.5 Å². The van der Waals surface area contributed by atoms with Crippen molar-refractivity contribution in [1.29, 1.82) is 0 Å². The molecule has 0 bridgehead atoms. The first kappa shape index (κ1) is 11.9. The second-order valence-electron chi connectivity index (χ2n) is 4.87. The third-order valence-corrected chi connectivity index (χ3v) is 3.43. The molecular formula is C16H15NO2. The van der Waals surface area contributed by atoms with Gasteiger partial charge in [0.2, 0.25) is 0 Å². The van der Waals surface area contributed by atoms with Crippen molar-refractivity contribution in [2.45, 2.75) is 18.9 Å². The fraction of sp³-hybridized carbons (Fsp3) is 0.250. The van der Waals surface area contributed by atoms with Crippen molar-refractivity contribution in [2.24, 2.45) is 5.92 Å². The molecule has 3 nitrogen and oxygen atoms in total. The molecule has 1 aliphatic rings. The van der Waals surface area contributed by atoms with Gasteiger partial charge in [-0.25, -0.2) is 0 Å². The molecule has 0 amide bonds. The molecule has 1 aromatic heterocycles. The highest BCUT2D eigenvalue weighted by molar-refractivity contribution is 5.61. The van der Waals surface area contributed by atoms with Gasteiger partial charge in [-0.3, -0.25) is 4.98 Å². The van der Waals surface area contributed by atoms with E-state index in [1.807, 2.05) is 42.6 Å². The average Bonchev–Trinajstić information content (AvgIpc) is 3.26. The van der Waals surface area contributed by atoms with Gasteiger partial charge >= 0.3 is 0 Å². The fourth-order valence-corrected chi connectivity index (χ4v) is 2.21. The lowest BCUT2D eigenvalue weighted by Gasteiger charge is -2.07. The van der Waals surface area contributed by atoms with Crippen molar-refractivity contribution in [2.75, 3.05) is 0 Å². The summed E-state index contributed by atoms with van der Waals surface area (Å²) in [4.78, 5) is 14.9. The number of rotatable bonds is 5. The first-order chi connectivity index (χ1) is 9.36. The molecule has 1 aliphatic carbocycles. The summed E-state index contributed by atoms with van der Waals surface area (Å²) in [5.41, 5.74) is 2.23. The van der Waals surface area contributed by atoms with Crippen LogP contribution in [0, 0.1) is 5.92 Å². The van der Waals surface area contributed by atoms with E-state index in [-0.39, 0.29) is 5.92 Å². The van der Waals surface area contributed by atoms with Crippen molar-refractivity contribution in [1.82, 2.24) is 4.98 Å². The zero-order valence-corrected chi connectivity index (χ0v) is 10.5. The Kier molecular flexibility index (Phi) is 3.27. The normalized spacial score (nSPS) is 20.8. The predicted molar refractivity (Wildman–Crippen MR) is 71.9 cm³/mol. The second-order valence-corrected chi connectivity index (χ2v) is 4.87. The van der Waals surface area contributed by atoms with Crippen molar-refractivity contribution in [3.8, 4) is 5.75 Å². The quantitative estimate of drug-likeness (QED) is 0.769. The molecule has 96 valence electrons. The van der Waals surface area contributed by atoms with Crippen molar-refractivity contribution < 1.29 is 9.53 Å². The molecule has 1 fully saturated rings. The van der Waals surface area contributed by atoms with Crippen LogP contribution in [0.5, 0.6) is 5.75 Å². The summed E-state index contributed by atoms with van der Waals surface area (Å²) in [5, 5.41) is 0. The number of pyridine rings is 1. The van der Waals surface area contributed by atoms with Gasteiger partial charge in [0.1, 0.15) is 18.6 Å². The van der Waals surface area contributed by atoms with Crippen LogP contribution in [0.15, 0.2) is 48.8 Å². The molecule has 1 unspecified atom stereocenters. The molecule has 0 aliphatic heterocycles. The van der Waals surface area contributed by atoms with Gasteiger partial charge in [0.05, 0.1) is 6.20 Å². The number of aldehydes is 1. The van der Waals surface area contributed by atoms with Crippen LogP contribution in [-0.4, -0.2) is 11.3 Å². The summed E-state index contributed by atoms with van der Waals surface area (Å²) < 4.78 is 5.73. The van der Waals surface area contributed by atoms with Gasteiger partial charge in [0.15, 0.2) is 0 Å². The zero-order valence-electron chi connectivity index (χ0n) is 10.5. The van der Waals surface area contributed by atoms with Gasteiger partial charge in [0.25, 0.3) is 0 Å². The Bertz CT molecular complexity index is 568. The standard InChI is InChI=1S/C16H15NO2/c18-10-14-7-16(14)13-6-15(9-17-8-13)19-11-12-4-2-1-3-5-12/h1-6,8-10,14,16H,7,11H2/t14-,16?/m0/s1. The third-order valence-electron chi connectivity index (χ3n) is 3.43. The summed E-state index contributed by atoms with van der Waals surface area (Å²) >= 11 is 0. The van der Waals surface area contributed by atoms with E-state index in [4.69, 9.17) is 4.74 Å². The first-order valence-electron chi connectivity index (χ1n) is 6.44. The summed E-state index contributed by atoms with van der Waals surface area (Å²) in [5.74, 6) is 1.27. The Hall–Kier alpha value is -2.16. The highest BCUT2D eigenvalue weighted by Crippen LogP contribution is 2.46. The van der Waals surface area contributed by atoms with Crippen LogP contribution in [-0.2, 0) is 11.4 Å². The molecule has 2 aromatic rings. The highest BCUT2D eigenvalue weighted by atomic mass is 16.5. The molecular weight excluding hydrogens is 238 g/mol. The summed E-state index contributed by atoms with van der Waals surface area (Å²) in [6, 6.07) is 12.0. The van der Waals surface area contributed by atoms with Gasteiger partial charge in [-0.15, -0.1) is 0 Å². The van der Waals surface area contributed by atoms with Crippen LogP contribution in [0.25, 0.3) is 0 Å². The molecule has 1 heterocycles. The SMILES string of the molecule is O=C[C@@H]1CC1c1cncc(OCc2ccccc2)c1. The number of benzene rings is 1. The Morgan fingerprint density at radius 2 is 2.11 bits per heavy atom. The lowest BCUT2D eigenvalue weighted by atomic mass is 10.1. The van der Waals surface area contributed by atoms with E-state index in [1.165, 1.54) is 0 Å². The van der Waals surface area contributed by atoms with E-state index in [9.17, 15) is 4.79 Å². The number of nitrogens with zero attached hydrogens (tertiary/aromatic N) is 1. The maximum absolute atomic E-state index is 10.7. The summed E-state index contributed by atoms with van der Waals surface area (Å²) in [7, 11) is 0. The number of hydrogen-bond donors (Lipinski definition) is 0. The van der Waals surface area contributed by atoms with E-state index >= 15 is 0 Å². The highest BCUT2D eigenvalue weighted by Gasteiger charge is 2.38. The van der Waals surface area contributed by atoms with Crippen LogP contribution >= 0.6 is 0 Å². The molecule has 2 atom stereocenters. The largest absolute Gasteiger partial charge is 0.487 e. The van der Waals surface area contributed by atoms with Gasteiger partial charge in [-0.2, -0.15) is 0 Å². The predicted octanol–water partition coefficient (Wildman–Crippen LogP) is 2.96. The van der Waals surface area contributed by atoms with Crippen molar-refractivity contribution in [3.63, 3.8) is 0 Å². The molecule has 0 N–H and O–H groups in total. The summed E-state index contributed by atoms with van der Waals surface area (Å²) in [6.45, 7) is 0.535. The zero-order chi connectivity index (χ0) is 13.1. The monoisotopic (exact) mass is 253 g/mol. The minimum atomic E-state index is 0.172. The molecule has 1 saturated carbocycles. The number of aromatic nitrogens is 1. The lowest BCUT2D eigenvalue weighted by Crippen LogP contribution is -1.96. The Balaban J connectivity index is 1.65. The average molecular weight is 253 g/mol. The number of hydrogen-bond acceptors (Lipinski definition) is 3. The smallest absolute Gasteiger partial charge is 0.138 e. The Morgan fingerprint density at radius 3 is 2.84 bits per heavy atom. The van der Waals surface area contributed by atoms with E-state index in [0.29, 0.717) is 12.5 Å². The second kappa shape index (κ2) is 5.22. The molecule has 0 spiro atoms. The van der Waals surface area contributed by atoms with Crippen LogP contribution in [0.2, 0.25) is 0 Å². The topological polar surface area (TPSA) is 39.2 Å². The molecule has 0 saturated heterocycles. The molecule has 3 rings (SSSR count). The molecule has 1 aromatic carbocycles. The first-order valence-corrected chi connectivity index (χ1v) is 6.44. The van der Waals surface area contributed by atoms with Crippen LogP contribution < -0.4 is 4.74 Å². The van der Waals surface area contributed by atoms with Gasteiger partial charge in [-0.05, 0) is 29.5 Å². The van der Waals surface area contributed by atoms with Gasteiger partial charge in [0, 0.05) is 12.1 Å². The van der Waals surface area contributed by atoms with E-state index < -0.39 is 0 Å². The summed E-state index contributed by atoms with van der Waals surface area (Å²) in [6.07, 6.45) is 5.50. The van der Waals surface area contributed by atoms with E-state index in [2.05, 4.69) is 4.98 Å². The van der Waals surface area contributed by atoms with Crippen molar-refractivity contribution in [3.05, 3.63) is 59.9 Å². The number of carbonyl (C=O) groups excluding carboxylic acids is 1. The van der Waals surface area contributed by atoms with Gasteiger partial charge < -0.3 is 9.53 Å². The molecule has 0 radical (unpaired) electrons. The number of carbonyl (C=O) groups is 1. The van der Waals surface area contributed by atoms with Crippen LogP contribution in [0.4, 0.5) is 0 Å². The van der Waals surface area contributed by atoms with Gasteiger partial charge in [-0.1, -0.05) is 30.3 Å². The lowest BCUT2D eigenvalue weighted by molar-refractivity contribution is -0.108. The molecule has 3 heteroatoms. The van der Waals surface area contributed by atoms with E-state index in [0.717, 1.165) is 29.6 Å². The minimum absolute atomic E-state index is 0.172. The third kappa shape index (κ3) is 2.81. The Morgan fingerprint density at radius 1 is 1.26 bits per heavy atom. The van der Waals surface area contributed by atoms with Crippen molar-refractivity contribution >= 4 is 6.29 Å². The minimum Gasteiger partial charge on any atom is -0.487 e. The Labute approximate surface area is 112 Å². The maximum atomic E-state index is 10.7. The molecule has 19 heavy (non-hydrogen) atoms. The maximum Gasteiger partial charge on any atom is 0.138 e. The van der Waals surface area contributed by atoms with Crippen LogP contribution in [0.3, 0.4) is 0 Å². The fourth-order valence-electron chi connectivity index (χ4n) is 2.21. The van der Waals surface area contributed by atoms with E-state index in [1.54, 1.807) is 6.20 Å². The number of ether oxygens (including phenoxy) is 1.